The van der Waals surface area contributed by atoms with Crippen molar-refractivity contribution < 1.29 is 0 Å². The van der Waals surface area contributed by atoms with E-state index < -0.39 is 0 Å². The van der Waals surface area contributed by atoms with Gasteiger partial charge in [0.1, 0.15) is 10.7 Å². The van der Waals surface area contributed by atoms with Crippen molar-refractivity contribution in [3.05, 3.63) is 52.7 Å². The van der Waals surface area contributed by atoms with E-state index in [-0.39, 0.29) is 5.56 Å². The Labute approximate surface area is 125 Å². The molecule has 0 saturated heterocycles. The third-order valence-corrected chi connectivity index (χ3v) is 3.90. The highest BCUT2D eigenvalue weighted by atomic mass is 32.2. The van der Waals surface area contributed by atoms with Crippen molar-refractivity contribution in [1.29, 1.82) is 0 Å². The fourth-order valence-corrected chi connectivity index (χ4v) is 2.88. The number of rotatable bonds is 5. The normalized spacial score (nSPS) is 11.1. The van der Waals surface area contributed by atoms with E-state index in [0.29, 0.717) is 11.7 Å². The summed E-state index contributed by atoms with van der Waals surface area (Å²) in [6.45, 7) is 3.65. The van der Waals surface area contributed by atoms with Gasteiger partial charge in [-0.3, -0.25) is 4.79 Å². The second kappa shape index (κ2) is 6.11. The van der Waals surface area contributed by atoms with Crippen LogP contribution in [0.4, 0.5) is 0 Å². The van der Waals surface area contributed by atoms with Gasteiger partial charge in [0.05, 0.1) is 5.69 Å². The van der Waals surface area contributed by atoms with Gasteiger partial charge in [-0.1, -0.05) is 13.0 Å². The maximum absolute atomic E-state index is 11.4. The van der Waals surface area contributed by atoms with E-state index in [1.807, 2.05) is 28.8 Å². The Morgan fingerprint density at radius 1 is 1.38 bits per heavy atom. The second-order valence-electron chi connectivity index (χ2n) is 4.41. The fourth-order valence-electron chi connectivity index (χ4n) is 2.01. The summed E-state index contributed by atoms with van der Waals surface area (Å²) in [5, 5.41) is 4.70. The molecule has 0 unspecified atom stereocenters. The Hall–Kier alpha value is -2.12. The first-order valence-electron chi connectivity index (χ1n) is 6.68. The van der Waals surface area contributed by atoms with E-state index in [9.17, 15) is 4.79 Å². The molecule has 3 rings (SSSR count). The predicted octanol–water partition coefficient (Wildman–Crippen LogP) is 1.68. The molecule has 0 aliphatic rings. The van der Waals surface area contributed by atoms with Gasteiger partial charge in [0.15, 0.2) is 5.16 Å². The smallest absolute Gasteiger partial charge is 0.251 e. The van der Waals surface area contributed by atoms with Gasteiger partial charge in [-0.15, -0.1) is 0 Å². The summed E-state index contributed by atoms with van der Waals surface area (Å²) in [6.07, 6.45) is 3.49. The fraction of sp³-hybridized carbons (Fsp3) is 0.214. The summed E-state index contributed by atoms with van der Waals surface area (Å²) in [5.74, 6) is 0. The van der Waals surface area contributed by atoms with Crippen LogP contribution in [0.25, 0.3) is 5.65 Å². The maximum atomic E-state index is 11.4. The molecule has 7 heteroatoms. The lowest BCUT2D eigenvalue weighted by Crippen LogP contribution is -2.14. The summed E-state index contributed by atoms with van der Waals surface area (Å²) < 4.78 is 2.05. The summed E-state index contributed by atoms with van der Waals surface area (Å²) in [4.78, 5) is 22.9. The minimum atomic E-state index is -0.163. The maximum Gasteiger partial charge on any atom is 0.251 e. The number of hydrogen-bond donors (Lipinski definition) is 2. The molecule has 3 aromatic heterocycles. The standard InChI is InChI=1S/C14H15N5OS/c1-2-15-9-10-13(17-11-5-3-4-8-19(10)11)21-14-16-7-6-12(20)18-14/h3-8,15H,2,9H2,1H3,(H,16,18,20). The SMILES string of the molecule is CCNCc1c(Sc2nccc(=O)[nH]2)nc2ccccn12. The van der Waals surface area contributed by atoms with Crippen LogP contribution in [0.5, 0.6) is 0 Å². The average Bonchev–Trinajstić information content (AvgIpc) is 2.82. The highest BCUT2D eigenvalue weighted by Crippen LogP contribution is 2.27. The van der Waals surface area contributed by atoms with Gasteiger partial charge in [0, 0.05) is 25.0 Å². The third-order valence-electron chi connectivity index (χ3n) is 2.98. The lowest BCUT2D eigenvalue weighted by atomic mass is 10.4. The minimum absolute atomic E-state index is 0.163. The number of fused-ring (bicyclic) bond motifs is 1. The van der Waals surface area contributed by atoms with Crippen molar-refractivity contribution >= 4 is 17.4 Å². The van der Waals surface area contributed by atoms with Gasteiger partial charge in [-0.05, 0) is 30.4 Å². The highest BCUT2D eigenvalue weighted by Gasteiger charge is 2.13. The first kappa shape index (κ1) is 13.8. The van der Waals surface area contributed by atoms with Crippen LogP contribution in [0.3, 0.4) is 0 Å². The van der Waals surface area contributed by atoms with Crippen LogP contribution in [-0.2, 0) is 6.54 Å². The van der Waals surface area contributed by atoms with Gasteiger partial charge >= 0.3 is 0 Å². The molecule has 0 bridgehead atoms. The topological polar surface area (TPSA) is 75.1 Å². The molecule has 0 saturated carbocycles. The van der Waals surface area contributed by atoms with Crippen molar-refractivity contribution in [1.82, 2.24) is 24.7 Å². The summed E-state index contributed by atoms with van der Waals surface area (Å²) >= 11 is 1.37. The van der Waals surface area contributed by atoms with Gasteiger partial charge in [-0.2, -0.15) is 0 Å². The molecule has 0 aliphatic carbocycles. The number of nitrogens with zero attached hydrogens (tertiary/aromatic N) is 3. The lowest BCUT2D eigenvalue weighted by Gasteiger charge is -2.04. The molecule has 0 radical (unpaired) electrons. The van der Waals surface area contributed by atoms with E-state index in [1.54, 1.807) is 0 Å². The number of imidazole rings is 1. The largest absolute Gasteiger partial charge is 0.311 e. The number of nitrogens with one attached hydrogen (secondary N) is 2. The van der Waals surface area contributed by atoms with Gasteiger partial charge in [0.2, 0.25) is 0 Å². The molecule has 2 N–H and O–H groups in total. The number of hydrogen-bond acceptors (Lipinski definition) is 5. The van der Waals surface area contributed by atoms with Crippen molar-refractivity contribution in [2.24, 2.45) is 0 Å². The Morgan fingerprint density at radius 2 is 2.29 bits per heavy atom. The quantitative estimate of drug-likeness (QED) is 0.701. The molecule has 0 atom stereocenters. The first-order chi connectivity index (χ1) is 10.3. The van der Waals surface area contributed by atoms with E-state index in [0.717, 1.165) is 22.9 Å². The van der Waals surface area contributed by atoms with E-state index in [1.165, 1.54) is 24.0 Å². The molecule has 0 fully saturated rings. The van der Waals surface area contributed by atoms with Gasteiger partial charge in [0.25, 0.3) is 5.56 Å². The Bertz CT molecular complexity index is 810. The van der Waals surface area contributed by atoms with Gasteiger partial charge < -0.3 is 14.7 Å². The lowest BCUT2D eigenvalue weighted by molar-refractivity contribution is 0.693. The van der Waals surface area contributed by atoms with Crippen LogP contribution in [0.1, 0.15) is 12.6 Å². The minimum Gasteiger partial charge on any atom is -0.311 e. The van der Waals surface area contributed by atoms with Crippen LogP contribution in [-0.4, -0.2) is 25.9 Å². The van der Waals surface area contributed by atoms with Crippen molar-refractivity contribution in [3.8, 4) is 0 Å². The average molecular weight is 301 g/mol. The predicted molar refractivity (Wildman–Crippen MR) is 81.6 cm³/mol. The van der Waals surface area contributed by atoms with Gasteiger partial charge in [-0.25, -0.2) is 9.97 Å². The Morgan fingerprint density at radius 3 is 3.10 bits per heavy atom. The zero-order valence-electron chi connectivity index (χ0n) is 11.5. The van der Waals surface area contributed by atoms with Crippen molar-refractivity contribution in [2.45, 2.75) is 23.7 Å². The van der Waals surface area contributed by atoms with Crippen LogP contribution in [0, 0.1) is 0 Å². The molecule has 6 nitrogen and oxygen atoms in total. The molecule has 0 spiro atoms. The third kappa shape index (κ3) is 2.98. The van der Waals surface area contributed by atoms with E-state index in [2.05, 4.69) is 27.2 Å². The summed E-state index contributed by atoms with van der Waals surface area (Å²) in [7, 11) is 0. The molecule has 3 heterocycles. The molecule has 108 valence electrons. The van der Waals surface area contributed by atoms with Crippen molar-refractivity contribution in [3.63, 3.8) is 0 Å². The molecule has 0 aromatic carbocycles. The van der Waals surface area contributed by atoms with Crippen LogP contribution >= 0.6 is 11.8 Å². The zero-order chi connectivity index (χ0) is 14.7. The number of pyridine rings is 1. The van der Waals surface area contributed by atoms with Crippen LogP contribution in [0.2, 0.25) is 0 Å². The summed E-state index contributed by atoms with van der Waals surface area (Å²) in [6, 6.07) is 7.28. The molecule has 0 amide bonds. The summed E-state index contributed by atoms with van der Waals surface area (Å²) in [5.41, 5.74) is 1.78. The Balaban J connectivity index is 2.02. The van der Waals surface area contributed by atoms with E-state index >= 15 is 0 Å². The molecular formula is C14H15N5OS. The highest BCUT2D eigenvalue weighted by molar-refractivity contribution is 7.99. The number of aromatic amines is 1. The number of H-pyrrole nitrogens is 1. The van der Waals surface area contributed by atoms with Crippen LogP contribution < -0.4 is 10.9 Å². The van der Waals surface area contributed by atoms with Crippen molar-refractivity contribution in [2.75, 3.05) is 6.54 Å². The van der Waals surface area contributed by atoms with Crippen LogP contribution in [0.15, 0.2) is 51.6 Å². The number of aromatic nitrogens is 4. The first-order valence-corrected chi connectivity index (χ1v) is 7.49. The molecule has 0 aliphatic heterocycles. The zero-order valence-corrected chi connectivity index (χ0v) is 12.4. The second-order valence-corrected chi connectivity index (χ2v) is 5.39. The molecule has 21 heavy (non-hydrogen) atoms. The monoisotopic (exact) mass is 301 g/mol. The molecule has 3 aromatic rings. The Kier molecular flexibility index (Phi) is 4.03. The van der Waals surface area contributed by atoms with E-state index in [4.69, 9.17) is 0 Å². The molecular weight excluding hydrogens is 286 g/mol.